The first-order valence-electron chi connectivity index (χ1n) is 1.83. The van der Waals surface area contributed by atoms with Crippen LogP contribution in [0.1, 0.15) is 0 Å². The van der Waals surface area contributed by atoms with Crippen LogP contribution in [-0.2, 0) is 17.9 Å². The summed E-state index contributed by atoms with van der Waals surface area (Å²) >= 11 is 4.43. The fourth-order valence-corrected chi connectivity index (χ4v) is 0.598. The van der Waals surface area contributed by atoms with Crippen molar-refractivity contribution in [3.05, 3.63) is 24.8 Å². The molecule has 7 heavy (non-hydrogen) atoms. The summed E-state index contributed by atoms with van der Waals surface area (Å²) in [4.78, 5) is 0. The molecule has 0 atom stereocenters. The molecule has 0 aliphatic rings. The molecule has 0 fully saturated rings. The molecule has 0 unspecified atom stereocenters. The van der Waals surface area contributed by atoms with Crippen LogP contribution in [0.4, 0.5) is 0 Å². The molecule has 0 radical (unpaired) electrons. The quantitative estimate of drug-likeness (QED) is 0.368. The second kappa shape index (κ2) is 4.61. The van der Waals surface area contributed by atoms with Gasteiger partial charge in [-0.25, -0.2) is 0 Å². The molecule has 34 valence electrons. The summed E-state index contributed by atoms with van der Waals surface area (Å²) in [7, 11) is 0. The van der Waals surface area contributed by atoms with E-state index in [4.69, 9.17) is 6.58 Å². The van der Waals surface area contributed by atoms with Gasteiger partial charge in [0.2, 0.25) is 0 Å². The molecule has 0 spiro atoms. The fraction of sp³-hybridized carbons (Fsp3) is 0. The van der Waals surface area contributed by atoms with E-state index in [1.54, 1.807) is 6.08 Å². The molecule has 0 saturated carbocycles. The number of allylic oxidation sites excluding steroid dienone is 3. The van der Waals surface area contributed by atoms with Gasteiger partial charge >= 0.3 is 61.6 Å². The maximum absolute atomic E-state index is 5.04. The monoisotopic (exact) mass is 207 g/mol. The first kappa shape index (κ1) is 7.45. The maximum atomic E-state index is 5.04. The van der Waals surface area contributed by atoms with Crippen molar-refractivity contribution < 1.29 is 17.9 Å². The number of hydrogen-bond acceptors (Lipinski definition) is 0. The van der Waals surface area contributed by atoms with Gasteiger partial charge in [-0.15, -0.1) is 0 Å². The minimum absolute atomic E-state index is 1.14. The summed E-state index contributed by atoms with van der Waals surface area (Å²) < 4.78 is 1.20. The van der Waals surface area contributed by atoms with Crippen LogP contribution >= 0.6 is 15.9 Å². The van der Waals surface area contributed by atoms with Crippen LogP contribution in [0, 0.1) is 6.58 Å². The Balaban J connectivity index is 3.46. The van der Waals surface area contributed by atoms with Gasteiger partial charge < -0.3 is 0 Å². The number of rotatable bonds is 2. The van der Waals surface area contributed by atoms with Crippen LogP contribution in [0.25, 0.3) is 0 Å². The molecule has 0 aromatic rings. The predicted octanol–water partition coefficient (Wildman–Crippen LogP) is 1.60. The zero-order chi connectivity index (χ0) is 5.70. The molecule has 0 heterocycles. The third-order valence-electron chi connectivity index (χ3n) is 0.388. The Bertz CT molecular complexity index is 105. The van der Waals surface area contributed by atoms with E-state index in [2.05, 4.69) is 15.9 Å². The van der Waals surface area contributed by atoms with Gasteiger partial charge in [-0.05, 0) is 0 Å². The SMILES string of the molecule is [CH-]=C/C=C\[C](=[Zn])Br. The van der Waals surface area contributed by atoms with Crippen molar-refractivity contribution in [1.29, 1.82) is 0 Å². The van der Waals surface area contributed by atoms with Crippen molar-refractivity contribution in [2.45, 2.75) is 0 Å². The molecule has 0 aliphatic carbocycles. The molecule has 0 aliphatic heterocycles. The average molecular weight is 209 g/mol. The van der Waals surface area contributed by atoms with Crippen LogP contribution in [0.3, 0.4) is 0 Å². The molecule has 0 aromatic heterocycles. The summed E-state index contributed by atoms with van der Waals surface area (Å²) in [6, 6.07) is 0. The molecular formula is C5H4BrZn-. The van der Waals surface area contributed by atoms with Gasteiger partial charge in [0.15, 0.2) is 0 Å². The van der Waals surface area contributed by atoms with Gasteiger partial charge in [0.25, 0.3) is 0 Å². The van der Waals surface area contributed by atoms with E-state index in [1.807, 2.05) is 6.08 Å². The molecule has 0 aromatic carbocycles. The Morgan fingerprint density at radius 1 is 1.71 bits per heavy atom. The molecule has 0 bridgehead atoms. The van der Waals surface area contributed by atoms with Gasteiger partial charge in [0, 0.05) is 0 Å². The molecule has 0 N–H and O–H groups in total. The Labute approximate surface area is 61.6 Å². The second-order valence-corrected chi connectivity index (χ2v) is 5.79. The van der Waals surface area contributed by atoms with Crippen LogP contribution < -0.4 is 0 Å². The zero-order valence-electron chi connectivity index (χ0n) is 3.89. The first-order chi connectivity index (χ1) is 3.27. The summed E-state index contributed by atoms with van der Waals surface area (Å²) in [5.41, 5.74) is 0. The Morgan fingerprint density at radius 2 is 2.29 bits per heavy atom. The number of halogens is 1. The third-order valence-corrected chi connectivity index (χ3v) is 1.15. The Morgan fingerprint density at radius 3 is 2.43 bits per heavy atom. The van der Waals surface area contributed by atoms with Crippen molar-refractivity contribution in [3.63, 3.8) is 0 Å². The molecular weight excluding hydrogens is 205 g/mol. The van der Waals surface area contributed by atoms with E-state index >= 15 is 0 Å². The van der Waals surface area contributed by atoms with Crippen LogP contribution in [-0.4, -0.2) is 3.02 Å². The Hall–Kier alpha value is 0.453. The topological polar surface area (TPSA) is 0 Å². The van der Waals surface area contributed by atoms with Crippen molar-refractivity contribution in [3.8, 4) is 0 Å². The second-order valence-electron chi connectivity index (χ2n) is 0.998. The molecule has 0 amide bonds. The standard InChI is InChI=1S/C5H4Br.Zn/c1-2-3-4-5-6;/h1-4H;/q-1;/b4-3-;. The fourth-order valence-electron chi connectivity index (χ4n) is 0.160. The summed E-state index contributed by atoms with van der Waals surface area (Å²) in [5.74, 6) is 0. The van der Waals surface area contributed by atoms with E-state index in [0.29, 0.717) is 0 Å². The average Bonchev–Trinajstić information content (AvgIpc) is 1.61. The molecule has 2 heteroatoms. The van der Waals surface area contributed by atoms with Gasteiger partial charge in [0.1, 0.15) is 0 Å². The minimum atomic E-state index is 1.14. The van der Waals surface area contributed by atoms with Crippen LogP contribution in [0.5, 0.6) is 0 Å². The number of hydrogen-bond donors (Lipinski definition) is 0. The summed E-state index contributed by atoms with van der Waals surface area (Å²) in [6.07, 6.45) is 5.24. The van der Waals surface area contributed by atoms with Crippen LogP contribution in [0.2, 0.25) is 0 Å². The van der Waals surface area contributed by atoms with E-state index in [-0.39, 0.29) is 0 Å². The van der Waals surface area contributed by atoms with Crippen molar-refractivity contribution in [1.82, 2.24) is 0 Å². The van der Waals surface area contributed by atoms with E-state index in [1.165, 1.54) is 9.09 Å². The van der Waals surface area contributed by atoms with Crippen molar-refractivity contribution in [2.24, 2.45) is 0 Å². The molecule has 0 rings (SSSR count). The Kier molecular flexibility index (Phi) is 4.91. The van der Waals surface area contributed by atoms with Gasteiger partial charge in [-0.2, -0.15) is 0 Å². The van der Waals surface area contributed by atoms with Crippen molar-refractivity contribution in [2.75, 3.05) is 0 Å². The molecule has 0 saturated heterocycles. The normalized spacial score (nSPS) is 9.57. The molecule has 0 nitrogen and oxygen atoms in total. The van der Waals surface area contributed by atoms with E-state index in [9.17, 15) is 0 Å². The van der Waals surface area contributed by atoms with Gasteiger partial charge in [-0.3, -0.25) is 0 Å². The van der Waals surface area contributed by atoms with Crippen molar-refractivity contribution >= 4 is 18.9 Å². The first-order valence-corrected chi connectivity index (χ1v) is 4.11. The van der Waals surface area contributed by atoms with Crippen LogP contribution in [0.15, 0.2) is 18.2 Å². The van der Waals surface area contributed by atoms with E-state index < -0.39 is 0 Å². The third kappa shape index (κ3) is 6.45. The van der Waals surface area contributed by atoms with Gasteiger partial charge in [0.05, 0.1) is 0 Å². The van der Waals surface area contributed by atoms with E-state index in [0.717, 1.165) is 17.9 Å². The summed E-state index contributed by atoms with van der Waals surface area (Å²) in [6.45, 7) is 5.04. The zero-order valence-corrected chi connectivity index (χ0v) is 8.45. The summed E-state index contributed by atoms with van der Waals surface area (Å²) in [5, 5.41) is 0. The predicted molar refractivity (Wildman–Crippen MR) is 31.9 cm³/mol. The van der Waals surface area contributed by atoms with Gasteiger partial charge in [-0.1, -0.05) is 0 Å².